The highest BCUT2D eigenvalue weighted by Crippen LogP contribution is 2.29. The number of nitrogens with zero attached hydrogens (tertiary/aromatic N) is 1. The third-order valence-corrected chi connectivity index (χ3v) is 5.40. The van der Waals surface area contributed by atoms with Crippen LogP contribution < -0.4 is 14.8 Å². The number of nitriles is 1. The molecule has 1 N–H and O–H groups in total. The Morgan fingerprint density at radius 3 is 2.25 bits per heavy atom. The fourth-order valence-corrected chi connectivity index (χ4v) is 3.67. The molecule has 0 radical (unpaired) electrons. The third kappa shape index (κ3) is 8.03. The Morgan fingerprint density at radius 1 is 0.972 bits per heavy atom. The SMILES string of the molecule is COc1cc(/C=C/C(=O)OCC(=O)NCCC(c2ccccc2)c2ccccc2)ccc1OCC#N. The summed E-state index contributed by atoms with van der Waals surface area (Å²) < 4.78 is 15.6. The van der Waals surface area contributed by atoms with Crippen molar-refractivity contribution < 1.29 is 23.8 Å². The second kappa shape index (κ2) is 14.0. The maximum Gasteiger partial charge on any atom is 0.331 e. The maximum absolute atomic E-state index is 12.2. The van der Waals surface area contributed by atoms with Gasteiger partial charge >= 0.3 is 5.97 Å². The molecule has 0 unspecified atom stereocenters. The van der Waals surface area contributed by atoms with Crippen LogP contribution >= 0.6 is 0 Å². The summed E-state index contributed by atoms with van der Waals surface area (Å²) in [5.74, 6) is 0.00574. The van der Waals surface area contributed by atoms with Gasteiger partial charge in [0.2, 0.25) is 0 Å². The first-order valence-electron chi connectivity index (χ1n) is 11.5. The zero-order valence-corrected chi connectivity index (χ0v) is 20.1. The van der Waals surface area contributed by atoms with Crippen molar-refractivity contribution in [3.05, 3.63) is 102 Å². The number of rotatable bonds is 12. The van der Waals surface area contributed by atoms with Crippen molar-refractivity contribution in [3.63, 3.8) is 0 Å². The van der Waals surface area contributed by atoms with Crippen molar-refractivity contribution in [2.45, 2.75) is 12.3 Å². The number of carbonyl (C=O) groups is 2. The van der Waals surface area contributed by atoms with Crippen LogP contribution in [0.4, 0.5) is 0 Å². The van der Waals surface area contributed by atoms with E-state index >= 15 is 0 Å². The van der Waals surface area contributed by atoms with E-state index in [4.69, 9.17) is 19.5 Å². The first kappa shape index (κ1) is 26.0. The number of methoxy groups -OCH3 is 1. The van der Waals surface area contributed by atoms with Crippen LogP contribution in [0.1, 0.15) is 29.0 Å². The Kier molecular flexibility index (Phi) is 10.1. The van der Waals surface area contributed by atoms with Crippen LogP contribution in [0.5, 0.6) is 11.5 Å². The molecule has 0 saturated heterocycles. The smallest absolute Gasteiger partial charge is 0.331 e. The minimum Gasteiger partial charge on any atom is -0.493 e. The van der Waals surface area contributed by atoms with E-state index in [0.717, 1.165) is 0 Å². The Balaban J connectivity index is 1.47. The van der Waals surface area contributed by atoms with Gasteiger partial charge in [-0.05, 0) is 41.3 Å². The fraction of sp³-hybridized carbons (Fsp3) is 0.207. The minimum atomic E-state index is -0.639. The number of ether oxygens (including phenoxy) is 3. The normalized spacial score (nSPS) is 10.6. The van der Waals surface area contributed by atoms with E-state index in [1.165, 1.54) is 24.3 Å². The summed E-state index contributed by atoms with van der Waals surface area (Å²) in [6.07, 6.45) is 3.49. The van der Waals surface area contributed by atoms with E-state index in [-0.39, 0.29) is 25.0 Å². The molecule has 0 spiro atoms. The number of hydrogen-bond donors (Lipinski definition) is 1. The van der Waals surface area contributed by atoms with Gasteiger partial charge in [0.1, 0.15) is 6.07 Å². The summed E-state index contributed by atoms with van der Waals surface area (Å²) in [6.45, 7) is -0.0193. The molecule has 7 heteroatoms. The molecular weight excluding hydrogens is 456 g/mol. The van der Waals surface area contributed by atoms with E-state index in [2.05, 4.69) is 29.6 Å². The molecule has 0 heterocycles. The number of amides is 1. The highest BCUT2D eigenvalue weighted by atomic mass is 16.5. The zero-order chi connectivity index (χ0) is 25.6. The number of hydrogen-bond acceptors (Lipinski definition) is 6. The van der Waals surface area contributed by atoms with Crippen LogP contribution in [0.2, 0.25) is 0 Å². The first-order valence-corrected chi connectivity index (χ1v) is 11.5. The highest BCUT2D eigenvalue weighted by molar-refractivity contribution is 5.89. The van der Waals surface area contributed by atoms with Crippen LogP contribution in [-0.4, -0.2) is 38.7 Å². The average Bonchev–Trinajstić information content (AvgIpc) is 2.93. The Labute approximate surface area is 210 Å². The summed E-state index contributed by atoms with van der Waals surface area (Å²) in [5, 5.41) is 11.5. The molecule has 36 heavy (non-hydrogen) atoms. The quantitative estimate of drug-likeness (QED) is 0.300. The highest BCUT2D eigenvalue weighted by Gasteiger charge is 2.14. The van der Waals surface area contributed by atoms with Crippen molar-refractivity contribution in [3.8, 4) is 17.6 Å². The summed E-state index contributed by atoms with van der Waals surface area (Å²) in [4.78, 5) is 24.3. The zero-order valence-electron chi connectivity index (χ0n) is 20.1. The lowest BCUT2D eigenvalue weighted by Gasteiger charge is -2.18. The van der Waals surface area contributed by atoms with Gasteiger partial charge in [-0.1, -0.05) is 66.7 Å². The molecule has 0 fully saturated rings. The molecule has 3 rings (SSSR count). The predicted octanol–water partition coefficient (Wildman–Crippen LogP) is 4.49. The van der Waals surface area contributed by atoms with Gasteiger partial charge in [-0.15, -0.1) is 0 Å². The number of esters is 1. The Morgan fingerprint density at radius 2 is 1.64 bits per heavy atom. The van der Waals surface area contributed by atoms with Crippen molar-refractivity contribution in [1.29, 1.82) is 5.26 Å². The van der Waals surface area contributed by atoms with Crippen molar-refractivity contribution in [1.82, 2.24) is 5.32 Å². The van der Waals surface area contributed by atoms with Crippen LogP contribution in [0.3, 0.4) is 0 Å². The second-order valence-electron chi connectivity index (χ2n) is 7.81. The minimum absolute atomic E-state index is 0.0981. The topological polar surface area (TPSA) is 97.7 Å². The lowest BCUT2D eigenvalue weighted by atomic mass is 9.88. The van der Waals surface area contributed by atoms with Gasteiger partial charge in [0.15, 0.2) is 24.7 Å². The molecule has 0 bridgehead atoms. The van der Waals surface area contributed by atoms with Crippen molar-refractivity contribution >= 4 is 18.0 Å². The Hall–Kier alpha value is -4.57. The largest absolute Gasteiger partial charge is 0.493 e. The summed E-state index contributed by atoms with van der Waals surface area (Å²) in [5.41, 5.74) is 3.03. The molecular formula is C29H28N2O5. The van der Waals surface area contributed by atoms with E-state index < -0.39 is 5.97 Å². The lowest BCUT2D eigenvalue weighted by Crippen LogP contribution is -2.30. The number of benzene rings is 3. The van der Waals surface area contributed by atoms with E-state index in [1.54, 1.807) is 24.3 Å². The van der Waals surface area contributed by atoms with Crippen LogP contribution in [0.25, 0.3) is 6.08 Å². The van der Waals surface area contributed by atoms with Gasteiger partial charge in [0, 0.05) is 18.5 Å². The third-order valence-electron chi connectivity index (χ3n) is 5.40. The van der Waals surface area contributed by atoms with Gasteiger partial charge in [0.25, 0.3) is 5.91 Å². The number of carbonyl (C=O) groups excluding carboxylic acids is 2. The molecule has 0 aliphatic rings. The van der Waals surface area contributed by atoms with Gasteiger partial charge in [-0.3, -0.25) is 4.79 Å². The van der Waals surface area contributed by atoms with E-state index in [0.29, 0.717) is 30.0 Å². The molecule has 1 amide bonds. The predicted molar refractivity (Wildman–Crippen MR) is 136 cm³/mol. The first-order chi connectivity index (χ1) is 17.6. The van der Waals surface area contributed by atoms with E-state index in [1.807, 2.05) is 42.5 Å². The van der Waals surface area contributed by atoms with Crippen molar-refractivity contribution in [2.24, 2.45) is 0 Å². The molecule has 0 saturated carbocycles. The molecule has 184 valence electrons. The second-order valence-corrected chi connectivity index (χ2v) is 7.81. The van der Waals surface area contributed by atoms with Gasteiger partial charge in [-0.2, -0.15) is 5.26 Å². The standard InChI is InChI=1S/C29H28N2O5/c1-34-27-20-22(12-14-26(27)35-19-17-30)13-15-29(33)36-21-28(32)31-18-16-25(23-8-4-2-5-9-23)24-10-6-3-7-11-24/h2-15,20,25H,16,18-19,21H2,1H3,(H,31,32)/b15-13+. The lowest BCUT2D eigenvalue weighted by molar-refractivity contribution is -0.143. The number of nitrogens with one attached hydrogen (secondary N) is 1. The summed E-state index contributed by atoms with van der Waals surface area (Å²) in [6, 6.07) is 27.2. The average molecular weight is 485 g/mol. The molecule has 0 atom stereocenters. The fourth-order valence-electron chi connectivity index (χ4n) is 3.67. The van der Waals surface area contributed by atoms with Gasteiger partial charge in [0.05, 0.1) is 7.11 Å². The van der Waals surface area contributed by atoms with Crippen LogP contribution in [0.15, 0.2) is 84.9 Å². The summed E-state index contributed by atoms with van der Waals surface area (Å²) >= 11 is 0. The molecule has 0 aliphatic heterocycles. The van der Waals surface area contributed by atoms with Crippen LogP contribution in [-0.2, 0) is 14.3 Å². The van der Waals surface area contributed by atoms with Crippen LogP contribution in [0, 0.1) is 11.3 Å². The summed E-state index contributed by atoms with van der Waals surface area (Å²) in [7, 11) is 1.48. The molecule has 3 aromatic carbocycles. The maximum atomic E-state index is 12.2. The molecule has 0 aliphatic carbocycles. The van der Waals surface area contributed by atoms with Crippen molar-refractivity contribution in [2.75, 3.05) is 26.9 Å². The van der Waals surface area contributed by atoms with Gasteiger partial charge in [-0.25, -0.2) is 4.79 Å². The molecule has 7 nitrogen and oxygen atoms in total. The monoisotopic (exact) mass is 484 g/mol. The molecule has 3 aromatic rings. The van der Waals surface area contributed by atoms with E-state index in [9.17, 15) is 9.59 Å². The molecule has 0 aromatic heterocycles. The Bertz CT molecular complexity index is 1160. The van der Waals surface area contributed by atoms with Gasteiger partial charge < -0.3 is 19.5 Å².